The monoisotopic (exact) mass is 412 g/mol. The Kier molecular flexibility index (Phi) is 6.35. The van der Waals surface area contributed by atoms with Crippen LogP contribution in [-0.4, -0.2) is 39.6 Å². The summed E-state index contributed by atoms with van der Waals surface area (Å²) in [6, 6.07) is 14.2. The third-order valence-corrected chi connectivity index (χ3v) is 4.75. The van der Waals surface area contributed by atoms with Crippen molar-refractivity contribution in [3.8, 4) is 17.1 Å². The molecule has 150 valence electrons. The van der Waals surface area contributed by atoms with E-state index in [0.29, 0.717) is 22.4 Å². The van der Waals surface area contributed by atoms with Crippen LogP contribution in [0.3, 0.4) is 0 Å². The quantitative estimate of drug-likeness (QED) is 0.402. The van der Waals surface area contributed by atoms with Gasteiger partial charge in [0.25, 0.3) is 0 Å². The molecule has 1 heterocycles. The van der Waals surface area contributed by atoms with E-state index in [1.807, 2.05) is 12.1 Å². The highest BCUT2D eigenvalue weighted by Gasteiger charge is 2.14. The maximum atomic E-state index is 12.2. The molecule has 0 fully saturated rings. The van der Waals surface area contributed by atoms with Gasteiger partial charge in [-0.15, -0.1) is 10.2 Å². The highest BCUT2D eigenvalue weighted by molar-refractivity contribution is 7.99. The summed E-state index contributed by atoms with van der Waals surface area (Å²) < 4.78 is 6.48. The normalized spacial score (nSPS) is 10.4. The lowest BCUT2D eigenvalue weighted by atomic mass is 10.2. The highest BCUT2D eigenvalue weighted by Crippen LogP contribution is 2.24. The standard InChI is InChI=1S/C19H20N6O3S/c1-12(26)21-14-4-3-5-15(10-14)22-17(27)11-29-19-24-23-18(25(19)20)13-6-8-16(28-2)9-7-13/h3-10H,11,20H2,1-2H3,(H,21,26)(H,22,27). The molecule has 0 radical (unpaired) electrons. The first-order valence-electron chi connectivity index (χ1n) is 8.61. The van der Waals surface area contributed by atoms with Gasteiger partial charge in [0.15, 0.2) is 5.82 Å². The Morgan fingerprint density at radius 3 is 2.45 bits per heavy atom. The molecule has 10 heteroatoms. The van der Waals surface area contributed by atoms with E-state index in [-0.39, 0.29) is 17.6 Å². The maximum Gasteiger partial charge on any atom is 0.234 e. The molecule has 4 N–H and O–H groups in total. The van der Waals surface area contributed by atoms with Crippen molar-refractivity contribution in [3.63, 3.8) is 0 Å². The number of nitrogen functional groups attached to an aromatic ring is 1. The summed E-state index contributed by atoms with van der Waals surface area (Å²) in [5.74, 6) is 6.98. The lowest BCUT2D eigenvalue weighted by Crippen LogP contribution is -2.16. The van der Waals surface area contributed by atoms with Gasteiger partial charge >= 0.3 is 0 Å². The number of methoxy groups -OCH3 is 1. The number of nitrogens with one attached hydrogen (secondary N) is 2. The van der Waals surface area contributed by atoms with E-state index in [1.165, 1.54) is 23.4 Å². The van der Waals surface area contributed by atoms with Gasteiger partial charge in [0.05, 0.1) is 12.9 Å². The molecular weight excluding hydrogens is 392 g/mol. The number of aromatic nitrogens is 3. The highest BCUT2D eigenvalue weighted by atomic mass is 32.2. The van der Waals surface area contributed by atoms with Crippen LogP contribution in [0.1, 0.15) is 6.92 Å². The number of hydrogen-bond donors (Lipinski definition) is 3. The summed E-state index contributed by atoms with van der Waals surface area (Å²) >= 11 is 1.17. The molecule has 9 nitrogen and oxygen atoms in total. The van der Waals surface area contributed by atoms with Crippen LogP contribution >= 0.6 is 11.8 Å². The zero-order valence-electron chi connectivity index (χ0n) is 15.9. The Balaban J connectivity index is 1.60. The van der Waals surface area contributed by atoms with Crippen molar-refractivity contribution in [3.05, 3.63) is 48.5 Å². The number of thioether (sulfide) groups is 1. The topological polar surface area (TPSA) is 124 Å². The van der Waals surface area contributed by atoms with Crippen molar-refractivity contribution in [2.45, 2.75) is 12.1 Å². The van der Waals surface area contributed by atoms with E-state index >= 15 is 0 Å². The van der Waals surface area contributed by atoms with Crippen LogP contribution in [0.25, 0.3) is 11.4 Å². The number of anilines is 2. The van der Waals surface area contributed by atoms with E-state index in [9.17, 15) is 9.59 Å². The number of carbonyl (C=O) groups excluding carboxylic acids is 2. The molecule has 2 aromatic carbocycles. The predicted octanol–water partition coefficient (Wildman–Crippen LogP) is 2.36. The smallest absolute Gasteiger partial charge is 0.234 e. The molecule has 3 rings (SSSR count). The van der Waals surface area contributed by atoms with Gasteiger partial charge in [-0.25, -0.2) is 4.68 Å². The number of rotatable bonds is 7. The Labute approximate surface area is 171 Å². The number of nitrogens with two attached hydrogens (primary N) is 1. The second-order valence-corrected chi connectivity index (χ2v) is 6.95. The number of ether oxygens (including phenoxy) is 1. The largest absolute Gasteiger partial charge is 0.497 e. The van der Waals surface area contributed by atoms with Crippen LogP contribution in [0.4, 0.5) is 11.4 Å². The number of amides is 2. The lowest BCUT2D eigenvalue weighted by molar-refractivity contribution is -0.114. The fourth-order valence-electron chi connectivity index (χ4n) is 2.52. The number of benzene rings is 2. The number of hydrogen-bond acceptors (Lipinski definition) is 7. The average Bonchev–Trinajstić information content (AvgIpc) is 3.06. The van der Waals surface area contributed by atoms with E-state index in [0.717, 1.165) is 11.3 Å². The molecule has 0 atom stereocenters. The minimum Gasteiger partial charge on any atom is -0.497 e. The van der Waals surface area contributed by atoms with Gasteiger partial charge < -0.3 is 21.2 Å². The first kappa shape index (κ1) is 20.2. The summed E-state index contributed by atoms with van der Waals surface area (Å²) in [4.78, 5) is 23.4. The molecule has 1 aromatic heterocycles. The third-order valence-electron chi connectivity index (χ3n) is 3.81. The van der Waals surface area contributed by atoms with Crippen LogP contribution in [0.2, 0.25) is 0 Å². The molecule has 0 spiro atoms. The van der Waals surface area contributed by atoms with Crippen molar-refractivity contribution < 1.29 is 14.3 Å². The molecule has 2 amide bonds. The van der Waals surface area contributed by atoms with Crippen LogP contribution in [-0.2, 0) is 9.59 Å². The summed E-state index contributed by atoms with van der Waals surface area (Å²) in [5, 5.41) is 14.0. The zero-order valence-corrected chi connectivity index (χ0v) is 16.7. The van der Waals surface area contributed by atoms with Crippen molar-refractivity contribution in [2.24, 2.45) is 0 Å². The fourth-order valence-corrected chi connectivity index (χ4v) is 3.17. The van der Waals surface area contributed by atoms with E-state index in [2.05, 4.69) is 20.8 Å². The summed E-state index contributed by atoms with van der Waals surface area (Å²) in [6.45, 7) is 1.42. The van der Waals surface area contributed by atoms with Crippen LogP contribution < -0.4 is 21.2 Å². The fraction of sp³-hybridized carbons (Fsp3) is 0.158. The molecule has 29 heavy (non-hydrogen) atoms. The first-order chi connectivity index (χ1) is 14.0. The molecule has 0 aliphatic carbocycles. The van der Waals surface area contributed by atoms with Gasteiger partial charge in [-0.2, -0.15) is 0 Å². The minimum atomic E-state index is -0.232. The number of nitrogens with zero attached hydrogens (tertiary/aromatic N) is 3. The molecule has 0 saturated heterocycles. The number of carbonyl (C=O) groups is 2. The second kappa shape index (κ2) is 9.11. The Hall–Kier alpha value is -3.53. The van der Waals surface area contributed by atoms with Gasteiger partial charge in [-0.05, 0) is 42.5 Å². The molecule has 0 bridgehead atoms. The predicted molar refractivity (Wildman–Crippen MR) is 112 cm³/mol. The van der Waals surface area contributed by atoms with Crippen LogP contribution in [0.15, 0.2) is 53.7 Å². The van der Waals surface area contributed by atoms with Crippen LogP contribution in [0, 0.1) is 0 Å². The Morgan fingerprint density at radius 2 is 1.79 bits per heavy atom. The average molecular weight is 412 g/mol. The van der Waals surface area contributed by atoms with Crippen molar-refractivity contribution >= 4 is 35.0 Å². The Morgan fingerprint density at radius 1 is 1.10 bits per heavy atom. The summed E-state index contributed by atoms with van der Waals surface area (Å²) in [6.07, 6.45) is 0. The van der Waals surface area contributed by atoms with E-state index < -0.39 is 0 Å². The summed E-state index contributed by atoms with van der Waals surface area (Å²) in [7, 11) is 1.59. The van der Waals surface area contributed by atoms with Gasteiger partial charge in [0, 0.05) is 23.9 Å². The van der Waals surface area contributed by atoms with E-state index in [1.54, 1.807) is 43.5 Å². The third kappa shape index (κ3) is 5.26. The molecule has 0 aliphatic heterocycles. The lowest BCUT2D eigenvalue weighted by Gasteiger charge is -2.08. The summed E-state index contributed by atoms with van der Waals surface area (Å²) in [5.41, 5.74) is 1.97. The first-order valence-corrected chi connectivity index (χ1v) is 9.60. The maximum absolute atomic E-state index is 12.2. The molecule has 0 unspecified atom stereocenters. The van der Waals surface area contributed by atoms with Crippen molar-refractivity contribution in [1.29, 1.82) is 0 Å². The second-order valence-electron chi connectivity index (χ2n) is 6.00. The van der Waals surface area contributed by atoms with Gasteiger partial charge in [0.1, 0.15) is 5.75 Å². The van der Waals surface area contributed by atoms with Crippen LogP contribution in [0.5, 0.6) is 5.75 Å². The van der Waals surface area contributed by atoms with E-state index in [4.69, 9.17) is 10.6 Å². The van der Waals surface area contributed by atoms with Gasteiger partial charge in [-0.3, -0.25) is 9.59 Å². The molecular formula is C19H20N6O3S. The van der Waals surface area contributed by atoms with Crippen molar-refractivity contribution in [2.75, 3.05) is 29.3 Å². The minimum absolute atomic E-state index is 0.0995. The molecule has 3 aromatic rings. The SMILES string of the molecule is COc1ccc(-c2nnc(SCC(=O)Nc3cccc(NC(C)=O)c3)n2N)cc1. The zero-order chi connectivity index (χ0) is 20.8. The molecule has 0 saturated carbocycles. The van der Waals surface area contributed by atoms with Gasteiger partial charge in [0.2, 0.25) is 17.0 Å². The van der Waals surface area contributed by atoms with Gasteiger partial charge in [-0.1, -0.05) is 17.8 Å². The Bertz CT molecular complexity index is 1020. The molecule has 0 aliphatic rings. The van der Waals surface area contributed by atoms with Crippen molar-refractivity contribution in [1.82, 2.24) is 14.9 Å².